The van der Waals surface area contributed by atoms with E-state index in [4.69, 9.17) is 7.85 Å². The highest BCUT2D eigenvalue weighted by atomic mass is 14.7. The van der Waals surface area contributed by atoms with Crippen molar-refractivity contribution in [2.75, 3.05) is 0 Å². The van der Waals surface area contributed by atoms with E-state index >= 15 is 0 Å². The molecule has 3 rings (SSSR count). The van der Waals surface area contributed by atoms with Crippen LogP contribution in [-0.2, 0) is 6.42 Å². The third-order valence-electron chi connectivity index (χ3n) is 2.91. The molecule has 0 amide bonds. The number of nitrogens with one attached hydrogen (secondary N) is 1. The predicted octanol–water partition coefficient (Wildman–Crippen LogP) is 1.95. The van der Waals surface area contributed by atoms with Gasteiger partial charge in [-0.25, -0.2) is 0 Å². The number of pyridine rings is 1. The Bertz CT molecular complexity index is 644. The normalized spacial score (nSPS) is 10.8. The van der Waals surface area contributed by atoms with Crippen LogP contribution < -0.4 is 5.46 Å². The molecule has 0 spiro atoms. The predicted molar refractivity (Wildman–Crippen MR) is 70.7 cm³/mol. The lowest BCUT2D eigenvalue weighted by Crippen LogP contribution is -1.99. The summed E-state index contributed by atoms with van der Waals surface area (Å²) in [4.78, 5) is 7.38. The van der Waals surface area contributed by atoms with Gasteiger partial charge in [-0.1, -0.05) is 23.7 Å². The largest absolute Gasteiger partial charge is 0.361 e. The van der Waals surface area contributed by atoms with Crippen molar-refractivity contribution in [1.82, 2.24) is 9.97 Å². The van der Waals surface area contributed by atoms with Crippen LogP contribution in [0.4, 0.5) is 0 Å². The van der Waals surface area contributed by atoms with Gasteiger partial charge in [0.05, 0.1) is 0 Å². The van der Waals surface area contributed by atoms with Crippen LogP contribution >= 0.6 is 0 Å². The summed E-state index contributed by atoms with van der Waals surface area (Å²) in [5.41, 5.74) is 4.36. The lowest BCUT2D eigenvalue weighted by Gasteiger charge is -2.00. The molecule has 0 unspecified atom stereocenters. The fourth-order valence-corrected chi connectivity index (χ4v) is 2.07. The van der Waals surface area contributed by atoms with E-state index < -0.39 is 0 Å². The molecule has 0 aliphatic heterocycles. The minimum absolute atomic E-state index is 0.785. The van der Waals surface area contributed by atoms with Gasteiger partial charge in [-0.15, -0.1) is 0 Å². The average molecular weight is 218 g/mol. The number of fused-ring (bicyclic) bond motifs is 1. The molecule has 0 saturated heterocycles. The Morgan fingerprint density at radius 3 is 3.00 bits per heavy atom. The molecular formula is C14H11BN2. The summed E-state index contributed by atoms with van der Waals surface area (Å²) in [6, 6.07) is 10.0. The van der Waals surface area contributed by atoms with E-state index in [-0.39, 0.29) is 0 Å². The van der Waals surface area contributed by atoms with Crippen molar-refractivity contribution in [3.8, 4) is 0 Å². The van der Waals surface area contributed by atoms with Gasteiger partial charge in [-0.05, 0) is 23.3 Å². The van der Waals surface area contributed by atoms with Crippen molar-refractivity contribution < 1.29 is 0 Å². The monoisotopic (exact) mass is 218 g/mol. The highest BCUT2D eigenvalue weighted by molar-refractivity contribution is 6.33. The Morgan fingerprint density at radius 2 is 2.18 bits per heavy atom. The number of hydrogen-bond acceptors (Lipinski definition) is 1. The zero-order valence-corrected chi connectivity index (χ0v) is 9.35. The maximum Gasteiger partial charge on any atom is 0.113 e. The third-order valence-corrected chi connectivity index (χ3v) is 2.91. The molecule has 0 aliphatic carbocycles. The maximum atomic E-state index is 5.76. The van der Waals surface area contributed by atoms with Gasteiger partial charge < -0.3 is 4.98 Å². The average Bonchev–Trinajstić information content (AvgIpc) is 2.73. The topological polar surface area (TPSA) is 28.7 Å². The van der Waals surface area contributed by atoms with Crippen molar-refractivity contribution in [3.63, 3.8) is 0 Å². The summed E-state index contributed by atoms with van der Waals surface area (Å²) in [6.07, 6.45) is 6.62. The number of aromatic nitrogens is 2. The van der Waals surface area contributed by atoms with Gasteiger partial charge >= 0.3 is 0 Å². The van der Waals surface area contributed by atoms with E-state index in [0.717, 1.165) is 17.4 Å². The lowest BCUT2D eigenvalue weighted by molar-refractivity contribution is 1.15. The van der Waals surface area contributed by atoms with E-state index in [2.05, 4.69) is 22.1 Å². The molecule has 0 atom stereocenters. The molecule has 0 bridgehead atoms. The number of aromatic amines is 1. The summed E-state index contributed by atoms with van der Waals surface area (Å²) in [5, 5.41) is 1.23. The Labute approximate surface area is 101 Å². The summed E-state index contributed by atoms with van der Waals surface area (Å²) in [5.74, 6) is 0. The molecule has 2 heterocycles. The smallest absolute Gasteiger partial charge is 0.113 e. The van der Waals surface area contributed by atoms with Gasteiger partial charge in [-0.3, -0.25) is 4.98 Å². The SMILES string of the molecule is [B]c1ccc2c(Cc3cccnc3)c[nH]c2c1. The molecular weight excluding hydrogens is 207 g/mol. The minimum Gasteiger partial charge on any atom is -0.361 e. The first-order valence-electron chi connectivity index (χ1n) is 5.57. The first-order valence-corrected chi connectivity index (χ1v) is 5.57. The van der Waals surface area contributed by atoms with Crippen LogP contribution in [0.25, 0.3) is 10.9 Å². The number of hydrogen-bond donors (Lipinski definition) is 1. The Kier molecular flexibility index (Phi) is 2.44. The van der Waals surface area contributed by atoms with Crippen LogP contribution in [0.5, 0.6) is 0 Å². The van der Waals surface area contributed by atoms with Gasteiger partial charge in [0.25, 0.3) is 0 Å². The summed E-state index contributed by atoms with van der Waals surface area (Å²) in [6.45, 7) is 0. The first kappa shape index (κ1) is 10.1. The second-order valence-electron chi connectivity index (χ2n) is 4.16. The van der Waals surface area contributed by atoms with Crippen molar-refractivity contribution in [1.29, 1.82) is 0 Å². The second kappa shape index (κ2) is 4.09. The zero-order valence-electron chi connectivity index (χ0n) is 9.35. The van der Waals surface area contributed by atoms with Crippen LogP contribution in [0.3, 0.4) is 0 Å². The fourth-order valence-electron chi connectivity index (χ4n) is 2.07. The Hall–Kier alpha value is -2.03. The molecule has 0 saturated carbocycles. The lowest BCUT2D eigenvalue weighted by atomic mass is 9.94. The van der Waals surface area contributed by atoms with Crippen LogP contribution in [0, 0.1) is 0 Å². The fraction of sp³-hybridized carbons (Fsp3) is 0.0714. The maximum absolute atomic E-state index is 5.76. The van der Waals surface area contributed by atoms with E-state index in [1.165, 1.54) is 16.5 Å². The van der Waals surface area contributed by atoms with E-state index in [1.54, 1.807) is 6.20 Å². The molecule has 17 heavy (non-hydrogen) atoms. The van der Waals surface area contributed by atoms with Crippen molar-refractivity contribution in [2.24, 2.45) is 0 Å². The Balaban J connectivity index is 2.01. The molecule has 0 fully saturated rings. The van der Waals surface area contributed by atoms with E-state index in [9.17, 15) is 0 Å². The van der Waals surface area contributed by atoms with Gasteiger partial charge in [0, 0.05) is 35.9 Å². The highest BCUT2D eigenvalue weighted by Gasteiger charge is 2.04. The van der Waals surface area contributed by atoms with Crippen LogP contribution in [0.1, 0.15) is 11.1 Å². The van der Waals surface area contributed by atoms with Gasteiger partial charge in [0.2, 0.25) is 0 Å². The van der Waals surface area contributed by atoms with Gasteiger partial charge in [0.1, 0.15) is 7.85 Å². The third kappa shape index (κ3) is 1.96. The highest BCUT2D eigenvalue weighted by Crippen LogP contribution is 2.19. The molecule has 3 aromatic rings. The Morgan fingerprint density at radius 1 is 1.24 bits per heavy atom. The molecule has 80 valence electrons. The van der Waals surface area contributed by atoms with Crippen LogP contribution in [0.15, 0.2) is 48.9 Å². The summed E-state index contributed by atoms with van der Waals surface area (Å²) in [7, 11) is 5.76. The second-order valence-corrected chi connectivity index (χ2v) is 4.16. The number of H-pyrrole nitrogens is 1. The molecule has 3 heteroatoms. The zero-order chi connectivity index (χ0) is 11.7. The van der Waals surface area contributed by atoms with Crippen molar-refractivity contribution in [2.45, 2.75) is 6.42 Å². The quantitative estimate of drug-likeness (QED) is 0.654. The molecule has 2 nitrogen and oxygen atoms in total. The van der Waals surface area contributed by atoms with Crippen molar-refractivity contribution in [3.05, 3.63) is 60.0 Å². The first-order chi connectivity index (χ1) is 8.33. The molecule has 1 N–H and O–H groups in total. The van der Waals surface area contributed by atoms with Gasteiger partial charge in [-0.2, -0.15) is 0 Å². The van der Waals surface area contributed by atoms with Crippen LogP contribution in [0.2, 0.25) is 0 Å². The molecule has 1 aromatic carbocycles. The molecule has 2 radical (unpaired) electrons. The van der Waals surface area contributed by atoms with E-state index in [1.807, 2.05) is 30.6 Å². The van der Waals surface area contributed by atoms with Crippen molar-refractivity contribution >= 4 is 24.2 Å². The number of nitrogens with zero attached hydrogens (tertiary/aromatic N) is 1. The summed E-state index contributed by atoms with van der Waals surface area (Å²) < 4.78 is 0. The van der Waals surface area contributed by atoms with E-state index in [0.29, 0.717) is 0 Å². The van der Waals surface area contributed by atoms with Crippen LogP contribution in [-0.4, -0.2) is 17.8 Å². The minimum atomic E-state index is 0.785. The number of rotatable bonds is 2. The number of benzene rings is 1. The standard InChI is InChI=1S/C14H11BN2/c15-12-3-4-13-11(9-17-14(13)7-12)6-10-2-1-5-16-8-10/h1-5,7-9,17H,6H2. The molecule has 0 aliphatic rings. The van der Waals surface area contributed by atoms with Gasteiger partial charge in [0.15, 0.2) is 0 Å². The molecule has 2 aromatic heterocycles. The summed E-state index contributed by atoms with van der Waals surface area (Å²) >= 11 is 0.